The van der Waals surface area contributed by atoms with Gasteiger partial charge in [-0.3, -0.25) is 9.59 Å². The number of rotatable bonds is 6. The number of thiophene rings is 1. The number of amides is 2. The van der Waals surface area contributed by atoms with Crippen molar-refractivity contribution in [2.75, 3.05) is 11.9 Å². The quantitative estimate of drug-likeness (QED) is 0.550. The van der Waals surface area contributed by atoms with Crippen LogP contribution in [-0.4, -0.2) is 30.5 Å². The van der Waals surface area contributed by atoms with Crippen LogP contribution in [0.15, 0.2) is 66.0 Å². The van der Waals surface area contributed by atoms with E-state index < -0.39 is 18.0 Å². The molecule has 32 heavy (non-hydrogen) atoms. The van der Waals surface area contributed by atoms with Gasteiger partial charge in [0.1, 0.15) is 5.75 Å². The van der Waals surface area contributed by atoms with Crippen LogP contribution < -0.4 is 15.4 Å². The predicted molar refractivity (Wildman–Crippen MR) is 121 cm³/mol. The zero-order valence-corrected chi connectivity index (χ0v) is 18.2. The summed E-state index contributed by atoms with van der Waals surface area (Å²) in [6.07, 6.45) is -0.389. The van der Waals surface area contributed by atoms with Crippen molar-refractivity contribution >= 4 is 34.8 Å². The number of anilines is 1. The summed E-state index contributed by atoms with van der Waals surface area (Å²) >= 11 is 1.30. The smallest absolute Gasteiger partial charge is 0.341 e. The number of carbonyl (C=O) groups is 3. The number of ether oxygens (including phenoxy) is 2. The SMILES string of the molecule is CC(OC(=O)c1ccccc1NC(=O)c1cccs1)C(=O)NC1CCOc2ccccc21. The molecule has 0 fully saturated rings. The fraction of sp³-hybridized carbons (Fsp3) is 0.208. The van der Waals surface area contributed by atoms with E-state index in [0.717, 1.165) is 11.3 Å². The summed E-state index contributed by atoms with van der Waals surface area (Å²) in [5.41, 5.74) is 1.39. The molecular formula is C24H22N2O5S. The van der Waals surface area contributed by atoms with Gasteiger partial charge in [0.05, 0.1) is 28.8 Å². The Morgan fingerprint density at radius 2 is 1.84 bits per heavy atom. The molecule has 0 aliphatic carbocycles. The second-order valence-corrected chi connectivity index (χ2v) is 8.21. The first-order valence-electron chi connectivity index (χ1n) is 10.2. The molecule has 2 atom stereocenters. The molecular weight excluding hydrogens is 428 g/mol. The van der Waals surface area contributed by atoms with Crippen LogP contribution in [0.4, 0.5) is 5.69 Å². The zero-order chi connectivity index (χ0) is 22.5. The lowest BCUT2D eigenvalue weighted by Gasteiger charge is -2.27. The van der Waals surface area contributed by atoms with Crippen LogP contribution in [-0.2, 0) is 9.53 Å². The predicted octanol–water partition coefficient (Wildman–Crippen LogP) is 4.19. The molecule has 0 saturated carbocycles. The first kappa shape index (κ1) is 21.6. The molecule has 1 aliphatic heterocycles. The molecule has 0 saturated heterocycles. The molecule has 4 rings (SSSR count). The lowest BCUT2D eigenvalue weighted by Crippen LogP contribution is -2.39. The van der Waals surface area contributed by atoms with E-state index in [9.17, 15) is 14.4 Å². The summed E-state index contributed by atoms with van der Waals surface area (Å²) < 4.78 is 11.0. The summed E-state index contributed by atoms with van der Waals surface area (Å²) in [6, 6.07) is 17.3. The zero-order valence-electron chi connectivity index (χ0n) is 17.4. The number of para-hydroxylation sites is 2. The van der Waals surface area contributed by atoms with Gasteiger partial charge in [0, 0.05) is 12.0 Å². The van der Waals surface area contributed by atoms with Gasteiger partial charge in [0.25, 0.3) is 11.8 Å². The number of hydrogen-bond donors (Lipinski definition) is 2. The monoisotopic (exact) mass is 450 g/mol. The van der Waals surface area contributed by atoms with Gasteiger partial charge < -0.3 is 20.1 Å². The molecule has 0 spiro atoms. The number of benzene rings is 2. The van der Waals surface area contributed by atoms with Gasteiger partial charge in [-0.15, -0.1) is 11.3 Å². The summed E-state index contributed by atoms with van der Waals surface area (Å²) in [5, 5.41) is 7.46. The Kier molecular flexibility index (Phi) is 6.51. The van der Waals surface area contributed by atoms with Gasteiger partial charge in [0.15, 0.2) is 6.10 Å². The van der Waals surface area contributed by atoms with Crippen molar-refractivity contribution in [2.24, 2.45) is 0 Å². The van der Waals surface area contributed by atoms with E-state index in [0.29, 0.717) is 23.6 Å². The van der Waals surface area contributed by atoms with Crippen LogP contribution in [0, 0.1) is 0 Å². The maximum atomic E-state index is 12.8. The Hall–Kier alpha value is -3.65. The number of fused-ring (bicyclic) bond motifs is 1. The summed E-state index contributed by atoms with van der Waals surface area (Å²) in [5.74, 6) is -0.671. The number of carbonyl (C=O) groups excluding carboxylic acids is 3. The van der Waals surface area contributed by atoms with E-state index in [1.807, 2.05) is 24.3 Å². The second-order valence-electron chi connectivity index (χ2n) is 7.26. The maximum Gasteiger partial charge on any atom is 0.341 e. The first-order chi connectivity index (χ1) is 15.5. The van der Waals surface area contributed by atoms with Crippen LogP contribution in [0.1, 0.15) is 45.0 Å². The van der Waals surface area contributed by atoms with Crippen molar-refractivity contribution in [3.63, 3.8) is 0 Å². The minimum Gasteiger partial charge on any atom is -0.493 e. The number of esters is 1. The molecule has 2 aromatic carbocycles. The molecule has 2 amide bonds. The molecule has 8 heteroatoms. The largest absolute Gasteiger partial charge is 0.493 e. The van der Waals surface area contributed by atoms with Crippen molar-refractivity contribution in [2.45, 2.75) is 25.5 Å². The highest BCUT2D eigenvalue weighted by molar-refractivity contribution is 7.12. The van der Waals surface area contributed by atoms with Crippen molar-refractivity contribution < 1.29 is 23.9 Å². The summed E-state index contributed by atoms with van der Waals surface area (Å²) in [7, 11) is 0. The van der Waals surface area contributed by atoms with Crippen molar-refractivity contribution in [1.82, 2.24) is 5.32 Å². The van der Waals surface area contributed by atoms with E-state index in [2.05, 4.69) is 10.6 Å². The molecule has 2 heterocycles. The molecule has 7 nitrogen and oxygen atoms in total. The van der Waals surface area contributed by atoms with Crippen LogP contribution in [0.5, 0.6) is 5.75 Å². The average molecular weight is 451 g/mol. The third-order valence-corrected chi connectivity index (χ3v) is 5.94. The van der Waals surface area contributed by atoms with Gasteiger partial charge in [-0.25, -0.2) is 4.79 Å². The van der Waals surface area contributed by atoms with Crippen molar-refractivity contribution in [1.29, 1.82) is 0 Å². The molecule has 1 aromatic heterocycles. The third-order valence-electron chi connectivity index (χ3n) is 5.07. The maximum absolute atomic E-state index is 12.8. The number of hydrogen-bond acceptors (Lipinski definition) is 6. The van der Waals surface area contributed by atoms with Gasteiger partial charge in [-0.05, 0) is 36.6 Å². The van der Waals surface area contributed by atoms with Crippen molar-refractivity contribution in [3.05, 3.63) is 82.0 Å². The van der Waals surface area contributed by atoms with E-state index in [-0.39, 0.29) is 17.5 Å². The Morgan fingerprint density at radius 3 is 2.66 bits per heavy atom. The van der Waals surface area contributed by atoms with E-state index in [1.54, 1.807) is 41.8 Å². The Labute approximate surface area is 189 Å². The van der Waals surface area contributed by atoms with Crippen molar-refractivity contribution in [3.8, 4) is 5.75 Å². The van der Waals surface area contributed by atoms with E-state index in [1.165, 1.54) is 18.3 Å². The molecule has 1 aliphatic rings. The molecule has 0 radical (unpaired) electrons. The highest BCUT2D eigenvalue weighted by Crippen LogP contribution is 2.31. The van der Waals surface area contributed by atoms with Gasteiger partial charge >= 0.3 is 5.97 Å². The fourth-order valence-corrected chi connectivity index (χ4v) is 4.04. The summed E-state index contributed by atoms with van der Waals surface area (Å²) in [6.45, 7) is 2.01. The number of nitrogens with one attached hydrogen (secondary N) is 2. The highest BCUT2D eigenvalue weighted by Gasteiger charge is 2.27. The van der Waals surface area contributed by atoms with Crippen LogP contribution in [0.3, 0.4) is 0 Å². The molecule has 0 bridgehead atoms. The average Bonchev–Trinajstić information content (AvgIpc) is 3.35. The van der Waals surface area contributed by atoms with Crippen LogP contribution >= 0.6 is 11.3 Å². The topological polar surface area (TPSA) is 93.7 Å². The molecule has 2 unspecified atom stereocenters. The molecule has 164 valence electrons. The minimum absolute atomic E-state index is 0.175. The highest BCUT2D eigenvalue weighted by atomic mass is 32.1. The Morgan fingerprint density at radius 1 is 1.06 bits per heavy atom. The standard InChI is InChI=1S/C24H22N2O5S/c1-15(22(27)25-19-12-13-30-20-10-5-3-7-16(19)20)31-24(29)17-8-2-4-9-18(17)26-23(28)21-11-6-14-32-21/h2-11,14-15,19H,12-13H2,1H3,(H,25,27)(H,26,28). The molecule has 3 aromatic rings. The minimum atomic E-state index is -1.02. The lowest BCUT2D eigenvalue weighted by atomic mass is 10.0. The van der Waals surface area contributed by atoms with Gasteiger partial charge in [-0.2, -0.15) is 0 Å². The normalized spacial score (nSPS) is 15.6. The summed E-state index contributed by atoms with van der Waals surface area (Å²) in [4.78, 5) is 38.4. The van der Waals surface area contributed by atoms with Crippen LogP contribution in [0.2, 0.25) is 0 Å². The molecule has 2 N–H and O–H groups in total. The van der Waals surface area contributed by atoms with E-state index >= 15 is 0 Å². The second kappa shape index (κ2) is 9.65. The van der Waals surface area contributed by atoms with Gasteiger partial charge in [-0.1, -0.05) is 36.4 Å². The lowest BCUT2D eigenvalue weighted by molar-refractivity contribution is -0.130. The van der Waals surface area contributed by atoms with Gasteiger partial charge in [0.2, 0.25) is 0 Å². The Balaban J connectivity index is 1.41. The van der Waals surface area contributed by atoms with Crippen LogP contribution in [0.25, 0.3) is 0 Å². The fourth-order valence-electron chi connectivity index (χ4n) is 3.42. The Bertz CT molecular complexity index is 1130. The third kappa shape index (κ3) is 4.81. The first-order valence-corrected chi connectivity index (χ1v) is 11.1. The van der Waals surface area contributed by atoms with E-state index in [4.69, 9.17) is 9.47 Å².